The molecule has 4 unspecified atom stereocenters. The molecule has 0 aromatic carbocycles. The number of likely N-dealkylation sites (N-methyl/N-ethyl adjacent to an activating group) is 1. The number of furan rings is 1. The van der Waals surface area contributed by atoms with Crippen molar-refractivity contribution in [2.75, 3.05) is 27.7 Å². The summed E-state index contributed by atoms with van der Waals surface area (Å²) in [5.74, 6) is -5.29. The number of nitrogens with zero attached hydrogens (tertiary/aromatic N) is 2. The van der Waals surface area contributed by atoms with Gasteiger partial charge in [0.1, 0.15) is 29.7 Å². The first-order chi connectivity index (χ1) is 27.3. The zero-order valence-electron chi connectivity index (χ0n) is 35.2. The van der Waals surface area contributed by atoms with Gasteiger partial charge in [0.25, 0.3) is 0 Å². The third-order valence-corrected chi connectivity index (χ3v) is 12.2. The number of aliphatic hydroxyl groups is 1. The number of Topliss-reactive ketones (excluding diaryl/α,β-unsaturated/α-hetero) is 2. The standard InChI is InChI=1S/C42H60N4O12/c1-22-19-41(6,53-10)37(57-39-35(50)29(46(8)9)16-23(2)55-39)25(4)34(49)26(5)38(51)56-31(42(7)36(24(3)33(22)48)45-40(52)58-42)13-14-44-32(47)18-27-17-28(21-43-20-27)30-12-11-15-54-30/h11-12,15,17,20-26,29,31,35-37,39,50H,13-14,16,18-19H2,1-10H3,(H,44,47)(H,45,52)/t22-,23?,24+,25+,26-,29?,31-,35?,36-,37-,39?,41-,42-/m1/s1. The average Bonchev–Trinajstić information content (AvgIpc) is 3.83. The Labute approximate surface area is 340 Å². The van der Waals surface area contributed by atoms with E-state index in [1.807, 2.05) is 25.9 Å². The fourth-order valence-corrected chi connectivity index (χ4v) is 8.79. The predicted molar refractivity (Wildman–Crippen MR) is 209 cm³/mol. The van der Waals surface area contributed by atoms with E-state index in [2.05, 4.69) is 15.6 Å². The summed E-state index contributed by atoms with van der Waals surface area (Å²) in [6, 6.07) is 4.08. The number of methoxy groups -OCH3 is 1. The minimum atomic E-state index is -1.57. The van der Waals surface area contributed by atoms with Crippen LogP contribution >= 0.6 is 0 Å². The number of carbonyl (C=O) groups is 5. The Morgan fingerprint density at radius 3 is 2.45 bits per heavy atom. The molecule has 13 atom stereocenters. The van der Waals surface area contributed by atoms with Crippen molar-refractivity contribution in [2.45, 2.75) is 128 Å². The van der Waals surface area contributed by atoms with Crippen LogP contribution in [0.25, 0.3) is 11.3 Å². The van der Waals surface area contributed by atoms with E-state index in [9.17, 15) is 29.1 Å². The van der Waals surface area contributed by atoms with Crippen molar-refractivity contribution in [1.82, 2.24) is 20.5 Å². The van der Waals surface area contributed by atoms with E-state index in [0.717, 1.165) is 0 Å². The molecule has 0 saturated carbocycles. The van der Waals surface area contributed by atoms with Gasteiger partial charge in [-0.3, -0.25) is 24.2 Å². The molecule has 3 fully saturated rings. The van der Waals surface area contributed by atoms with E-state index in [1.54, 1.807) is 71.5 Å². The van der Waals surface area contributed by atoms with Gasteiger partial charge in [0.15, 0.2) is 17.7 Å². The van der Waals surface area contributed by atoms with E-state index in [0.29, 0.717) is 23.3 Å². The maximum absolute atomic E-state index is 14.4. The lowest BCUT2D eigenvalue weighted by atomic mass is 9.73. The monoisotopic (exact) mass is 812 g/mol. The number of ketones is 2. The van der Waals surface area contributed by atoms with Crippen LogP contribution < -0.4 is 10.6 Å². The number of pyridine rings is 1. The fraction of sp³-hybridized carbons (Fsp3) is 0.667. The maximum atomic E-state index is 14.4. The van der Waals surface area contributed by atoms with E-state index in [-0.39, 0.29) is 49.6 Å². The summed E-state index contributed by atoms with van der Waals surface area (Å²) >= 11 is 0. The topological polar surface area (TPSA) is 205 Å². The molecule has 2 aromatic heterocycles. The fourth-order valence-electron chi connectivity index (χ4n) is 8.79. The van der Waals surface area contributed by atoms with Crippen molar-refractivity contribution < 1.29 is 57.2 Å². The quantitative estimate of drug-likeness (QED) is 0.232. The highest BCUT2D eigenvalue weighted by molar-refractivity contribution is 6.00. The van der Waals surface area contributed by atoms with Crippen molar-refractivity contribution in [3.63, 3.8) is 0 Å². The van der Waals surface area contributed by atoms with Crippen LogP contribution in [0.4, 0.5) is 4.79 Å². The highest BCUT2D eigenvalue weighted by Gasteiger charge is 2.57. The SMILES string of the molecule is CO[C@]1(C)C[C@@H](C)C(=O)[C@H](C)[C@H]2NC(=O)O[C@]2(C)[C@@H](CCNC(=O)Cc2cncc(-c3ccco3)c2)OC(=O)[C@H](C)C(=O)[C@H](C)[C@H]1OC1OC(C)CC(N(C)C)C1O. The van der Waals surface area contributed by atoms with Crippen LogP contribution in [-0.4, -0.2) is 126 Å². The summed E-state index contributed by atoms with van der Waals surface area (Å²) in [5.41, 5.74) is -1.52. The number of hydrogen-bond acceptors (Lipinski definition) is 14. The van der Waals surface area contributed by atoms with Gasteiger partial charge in [-0.05, 0) is 78.4 Å². The molecule has 320 valence electrons. The van der Waals surface area contributed by atoms with Crippen LogP contribution in [0, 0.1) is 23.7 Å². The molecule has 16 nitrogen and oxygen atoms in total. The molecule has 5 rings (SSSR count). The Morgan fingerprint density at radius 2 is 1.79 bits per heavy atom. The number of carbonyl (C=O) groups excluding carboxylic acids is 5. The van der Waals surface area contributed by atoms with Crippen molar-refractivity contribution >= 4 is 29.5 Å². The lowest BCUT2D eigenvalue weighted by Gasteiger charge is -2.47. The van der Waals surface area contributed by atoms with Crippen molar-refractivity contribution in [2.24, 2.45) is 23.7 Å². The van der Waals surface area contributed by atoms with Crippen LogP contribution in [0.5, 0.6) is 0 Å². The molecular formula is C42H60N4O12. The van der Waals surface area contributed by atoms with Crippen LogP contribution in [-0.2, 0) is 49.3 Å². The minimum absolute atomic E-state index is 0.00239. The van der Waals surface area contributed by atoms with Crippen molar-refractivity contribution in [1.29, 1.82) is 0 Å². The van der Waals surface area contributed by atoms with E-state index in [1.165, 1.54) is 14.0 Å². The highest BCUT2D eigenvalue weighted by Crippen LogP contribution is 2.40. The number of alkyl carbamates (subject to hydrolysis) is 1. The summed E-state index contributed by atoms with van der Waals surface area (Å²) in [6.45, 7) is 11.6. The molecule has 0 spiro atoms. The third kappa shape index (κ3) is 9.63. The number of aromatic nitrogens is 1. The molecule has 0 aliphatic carbocycles. The molecule has 3 aliphatic heterocycles. The number of cyclic esters (lactones) is 1. The number of nitrogens with one attached hydrogen (secondary N) is 2. The van der Waals surface area contributed by atoms with Gasteiger partial charge in [0.2, 0.25) is 5.91 Å². The minimum Gasteiger partial charge on any atom is -0.464 e. The van der Waals surface area contributed by atoms with Gasteiger partial charge in [-0.2, -0.15) is 0 Å². The molecule has 0 radical (unpaired) electrons. The lowest BCUT2D eigenvalue weighted by Crippen LogP contribution is -2.60. The van der Waals surface area contributed by atoms with Gasteiger partial charge in [0.05, 0.1) is 36.5 Å². The zero-order chi connectivity index (χ0) is 42.7. The Balaban J connectivity index is 1.42. The second-order valence-electron chi connectivity index (χ2n) is 16.9. The van der Waals surface area contributed by atoms with Gasteiger partial charge in [-0.15, -0.1) is 0 Å². The second-order valence-corrected chi connectivity index (χ2v) is 16.9. The normalized spacial score (nSPS) is 36.4. The zero-order valence-corrected chi connectivity index (χ0v) is 35.2. The molecule has 2 amide bonds. The van der Waals surface area contributed by atoms with Gasteiger partial charge in [-0.25, -0.2) is 4.79 Å². The van der Waals surface area contributed by atoms with Crippen molar-refractivity contribution in [3.8, 4) is 11.3 Å². The van der Waals surface area contributed by atoms with Crippen LogP contribution in [0.3, 0.4) is 0 Å². The summed E-state index contributed by atoms with van der Waals surface area (Å²) in [7, 11) is 5.16. The Kier molecular flexibility index (Phi) is 14.2. The van der Waals surface area contributed by atoms with Gasteiger partial charge < -0.3 is 48.7 Å². The molecule has 16 heteroatoms. The largest absolute Gasteiger partial charge is 0.464 e. The first-order valence-corrected chi connectivity index (χ1v) is 20.0. The number of rotatable bonds is 10. The highest BCUT2D eigenvalue weighted by atomic mass is 16.7. The maximum Gasteiger partial charge on any atom is 0.408 e. The van der Waals surface area contributed by atoms with Gasteiger partial charge >= 0.3 is 12.1 Å². The first kappa shape index (κ1) is 44.9. The lowest BCUT2D eigenvalue weighted by molar-refractivity contribution is -0.295. The molecule has 3 aliphatic rings. The Morgan fingerprint density at radius 1 is 1.07 bits per heavy atom. The Hall–Kier alpha value is -4.22. The van der Waals surface area contributed by atoms with E-state index < -0.39 is 83.4 Å². The van der Waals surface area contributed by atoms with Crippen LogP contribution in [0.2, 0.25) is 0 Å². The first-order valence-electron chi connectivity index (χ1n) is 20.0. The van der Waals surface area contributed by atoms with Crippen molar-refractivity contribution in [3.05, 3.63) is 42.4 Å². The molecular weight excluding hydrogens is 752 g/mol. The molecule has 5 heterocycles. The number of aliphatic hydroxyl groups excluding tert-OH is 1. The Bertz CT molecular complexity index is 1790. The smallest absolute Gasteiger partial charge is 0.408 e. The molecule has 3 saturated heterocycles. The van der Waals surface area contributed by atoms with Crippen LogP contribution in [0.1, 0.15) is 73.3 Å². The number of hydrogen-bond donors (Lipinski definition) is 3. The molecule has 2 aromatic rings. The summed E-state index contributed by atoms with van der Waals surface area (Å²) in [5, 5.41) is 17.0. The van der Waals surface area contributed by atoms with Crippen LogP contribution in [0.15, 0.2) is 41.3 Å². The molecule has 0 bridgehead atoms. The average molecular weight is 813 g/mol. The number of amides is 2. The predicted octanol–water partition coefficient (Wildman–Crippen LogP) is 3.47. The second kappa shape index (κ2) is 18.4. The summed E-state index contributed by atoms with van der Waals surface area (Å²) < 4.78 is 36.2. The molecule has 58 heavy (non-hydrogen) atoms. The summed E-state index contributed by atoms with van der Waals surface area (Å²) in [6.07, 6.45) is -0.258. The number of fused-ring (bicyclic) bond motifs is 1. The molecule has 3 N–H and O–H groups in total. The van der Waals surface area contributed by atoms with Gasteiger partial charge in [-0.1, -0.05) is 20.8 Å². The summed E-state index contributed by atoms with van der Waals surface area (Å²) in [4.78, 5) is 75.0. The number of ether oxygens (including phenoxy) is 5. The third-order valence-electron chi connectivity index (χ3n) is 12.2. The van der Waals surface area contributed by atoms with Gasteiger partial charge in [0, 0.05) is 61.8 Å². The van der Waals surface area contributed by atoms with E-state index >= 15 is 0 Å². The number of esters is 1. The van der Waals surface area contributed by atoms with E-state index in [4.69, 9.17) is 28.1 Å².